The molecule has 1 aromatic carbocycles. The van der Waals surface area contributed by atoms with Gasteiger partial charge in [0.2, 0.25) is 5.95 Å². The number of rotatable bonds is 7. The molecule has 8 nitrogen and oxygen atoms in total. The zero-order valence-electron chi connectivity index (χ0n) is 19.5. The van der Waals surface area contributed by atoms with Gasteiger partial charge in [-0.3, -0.25) is 14.4 Å². The van der Waals surface area contributed by atoms with Crippen LogP contribution in [0.2, 0.25) is 0 Å². The molecule has 1 atom stereocenters. The topological polar surface area (TPSA) is 79.2 Å². The van der Waals surface area contributed by atoms with Gasteiger partial charge in [-0.1, -0.05) is 30.3 Å². The van der Waals surface area contributed by atoms with Gasteiger partial charge in [0.25, 0.3) is 5.91 Å². The molecule has 0 bridgehead atoms. The second-order valence-electron chi connectivity index (χ2n) is 8.57. The molecule has 0 saturated carbocycles. The molecule has 1 amide bonds. The Bertz CT molecular complexity index is 1250. The molecule has 1 fully saturated rings. The molecule has 1 unspecified atom stereocenters. The van der Waals surface area contributed by atoms with E-state index in [-0.39, 0.29) is 11.9 Å². The van der Waals surface area contributed by atoms with Crippen molar-refractivity contribution in [3.63, 3.8) is 0 Å². The minimum Gasteiger partial charge on any atom is -0.348 e. The van der Waals surface area contributed by atoms with Crippen molar-refractivity contribution < 1.29 is 4.79 Å². The molecule has 1 aliphatic heterocycles. The Morgan fingerprint density at radius 3 is 2.53 bits per heavy atom. The lowest BCUT2D eigenvalue weighted by atomic mass is 10.1. The number of fused-ring (bicyclic) bond motifs is 1. The van der Waals surface area contributed by atoms with Crippen LogP contribution in [0.25, 0.3) is 21.5 Å². The molecular weight excluding hydrogens is 446 g/mol. The molecular formula is C25H29N7OS. The molecule has 1 aliphatic rings. The Hall–Kier alpha value is -3.30. The Morgan fingerprint density at radius 2 is 1.82 bits per heavy atom. The zero-order chi connectivity index (χ0) is 23.5. The fraction of sp³-hybridized carbons (Fsp3) is 0.360. The highest BCUT2D eigenvalue weighted by molar-refractivity contribution is 7.20. The van der Waals surface area contributed by atoms with Crippen LogP contribution in [-0.4, -0.2) is 69.3 Å². The van der Waals surface area contributed by atoms with E-state index in [1.165, 1.54) is 11.3 Å². The summed E-state index contributed by atoms with van der Waals surface area (Å²) in [5.74, 6) is 0.764. The number of hydrogen-bond acceptors (Lipinski definition) is 7. The number of hydrogen-bond donors (Lipinski definition) is 1. The largest absolute Gasteiger partial charge is 0.348 e. The summed E-state index contributed by atoms with van der Waals surface area (Å²) < 4.78 is 1.98. The van der Waals surface area contributed by atoms with Gasteiger partial charge in [0.05, 0.1) is 4.88 Å². The molecule has 4 heterocycles. The molecule has 0 radical (unpaired) electrons. The molecule has 4 aromatic rings. The van der Waals surface area contributed by atoms with Crippen LogP contribution in [0.1, 0.15) is 23.5 Å². The molecule has 176 valence electrons. The average molecular weight is 476 g/mol. The maximum absolute atomic E-state index is 13.1. The molecule has 0 aliphatic carbocycles. The van der Waals surface area contributed by atoms with E-state index in [0.29, 0.717) is 0 Å². The lowest BCUT2D eigenvalue weighted by Gasteiger charge is -2.35. The maximum Gasteiger partial charge on any atom is 0.261 e. The van der Waals surface area contributed by atoms with Gasteiger partial charge in [-0.15, -0.1) is 11.3 Å². The van der Waals surface area contributed by atoms with Gasteiger partial charge in [-0.05, 0) is 26.0 Å². The van der Waals surface area contributed by atoms with Crippen LogP contribution in [0, 0.1) is 0 Å². The first-order valence-corrected chi connectivity index (χ1v) is 12.5. The molecule has 5 rings (SSSR count). The Morgan fingerprint density at radius 1 is 1.09 bits per heavy atom. The third-order valence-corrected chi connectivity index (χ3v) is 7.26. The minimum atomic E-state index is -0.0216. The number of amides is 1. The van der Waals surface area contributed by atoms with E-state index in [0.717, 1.165) is 71.6 Å². The van der Waals surface area contributed by atoms with Gasteiger partial charge in [-0.25, -0.2) is 9.97 Å². The Kier molecular flexibility index (Phi) is 6.55. The molecule has 1 saturated heterocycles. The first-order valence-electron chi connectivity index (χ1n) is 11.7. The van der Waals surface area contributed by atoms with E-state index in [9.17, 15) is 4.79 Å². The van der Waals surface area contributed by atoms with Crippen molar-refractivity contribution in [1.29, 1.82) is 0 Å². The molecule has 3 aromatic heterocycles. The number of piperazine rings is 1. The predicted octanol–water partition coefficient (Wildman–Crippen LogP) is 3.52. The van der Waals surface area contributed by atoms with Gasteiger partial charge < -0.3 is 10.2 Å². The lowest BCUT2D eigenvalue weighted by molar-refractivity contribution is 0.0932. The summed E-state index contributed by atoms with van der Waals surface area (Å²) in [4.78, 5) is 28.1. The van der Waals surface area contributed by atoms with Crippen LogP contribution >= 0.6 is 11.3 Å². The molecule has 9 heteroatoms. The predicted molar refractivity (Wildman–Crippen MR) is 136 cm³/mol. The zero-order valence-corrected chi connectivity index (χ0v) is 20.3. The quantitative estimate of drug-likeness (QED) is 0.441. The highest BCUT2D eigenvalue weighted by Crippen LogP contribution is 2.34. The minimum absolute atomic E-state index is 0.0216. The van der Waals surface area contributed by atoms with Crippen molar-refractivity contribution in [2.45, 2.75) is 26.4 Å². The standard InChI is InChI=1S/C25H29N7OS/c1-3-32-24-20(22(29-32)19-8-5-4-6-9-19)16-21(34-24)23(33)28-18(2)17-30-12-14-31(15-13-30)25-26-10-7-11-27-25/h4-11,16,18H,3,12-15,17H2,1-2H3,(H,28,33). The number of nitrogens with one attached hydrogen (secondary N) is 1. The van der Waals surface area contributed by atoms with E-state index in [2.05, 4.69) is 51.1 Å². The molecule has 34 heavy (non-hydrogen) atoms. The van der Waals surface area contributed by atoms with E-state index in [1.807, 2.05) is 35.0 Å². The second-order valence-corrected chi connectivity index (χ2v) is 9.60. The number of anilines is 1. The average Bonchev–Trinajstić information content (AvgIpc) is 3.45. The summed E-state index contributed by atoms with van der Waals surface area (Å²) in [5.41, 5.74) is 2.00. The van der Waals surface area contributed by atoms with Crippen molar-refractivity contribution in [2.24, 2.45) is 0 Å². The Labute approximate surface area is 203 Å². The summed E-state index contributed by atoms with van der Waals surface area (Å²) in [5, 5.41) is 9.01. The van der Waals surface area contributed by atoms with Crippen LogP contribution in [0.4, 0.5) is 5.95 Å². The van der Waals surface area contributed by atoms with Crippen LogP contribution in [0.5, 0.6) is 0 Å². The summed E-state index contributed by atoms with van der Waals surface area (Å²) in [6, 6.07) is 14.0. The summed E-state index contributed by atoms with van der Waals surface area (Å²) in [6.45, 7) is 9.35. The van der Waals surface area contributed by atoms with Crippen molar-refractivity contribution in [3.8, 4) is 11.3 Å². The van der Waals surface area contributed by atoms with Crippen molar-refractivity contribution in [1.82, 2.24) is 30.0 Å². The van der Waals surface area contributed by atoms with E-state index in [4.69, 9.17) is 5.10 Å². The number of aromatic nitrogens is 4. The number of carbonyl (C=O) groups excluding carboxylic acids is 1. The van der Waals surface area contributed by atoms with Crippen molar-refractivity contribution in [3.05, 3.63) is 59.7 Å². The summed E-state index contributed by atoms with van der Waals surface area (Å²) in [6.07, 6.45) is 3.56. The number of carbonyl (C=O) groups is 1. The van der Waals surface area contributed by atoms with Crippen LogP contribution in [0.15, 0.2) is 54.9 Å². The van der Waals surface area contributed by atoms with E-state index < -0.39 is 0 Å². The van der Waals surface area contributed by atoms with Gasteiger partial charge >= 0.3 is 0 Å². The van der Waals surface area contributed by atoms with E-state index >= 15 is 0 Å². The summed E-state index contributed by atoms with van der Waals surface area (Å²) >= 11 is 1.51. The third-order valence-electron chi connectivity index (χ3n) is 6.11. The highest BCUT2D eigenvalue weighted by atomic mass is 32.1. The number of nitrogens with zero attached hydrogens (tertiary/aromatic N) is 6. The first-order chi connectivity index (χ1) is 16.6. The van der Waals surface area contributed by atoms with E-state index in [1.54, 1.807) is 12.4 Å². The van der Waals surface area contributed by atoms with Gasteiger partial charge in [0.15, 0.2) is 0 Å². The Balaban J connectivity index is 1.22. The lowest BCUT2D eigenvalue weighted by Crippen LogP contribution is -2.51. The normalized spacial score (nSPS) is 15.5. The van der Waals surface area contributed by atoms with Gasteiger partial charge in [0, 0.05) is 68.7 Å². The SMILES string of the molecule is CCn1nc(-c2ccccc2)c2cc(C(=O)NC(C)CN3CCN(c4ncccn4)CC3)sc21. The van der Waals surface area contributed by atoms with Gasteiger partial charge in [0.1, 0.15) is 10.5 Å². The summed E-state index contributed by atoms with van der Waals surface area (Å²) in [7, 11) is 0. The molecule has 1 N–H and O–H groups in total. The van der Waals surface area contributed by atoms with Crippen LogP contribution in [-0.2, 0) is 6.54 Å². The van der Waals surface area contributed by atoms with Crippen molar-refractivity contribution >= 4 is 33.4 Å². The first kappa shape index (κ1) is 22.5. The number of aryl methyl sites for hydroxylation is 1. The van der Waals surface area contributed by atoms with Crippen LogP contribution < -0.4 is 10.2 Å². The van der Waals surface area contributed by atoms with Crippen molar-refractivity contribution in [2.75, 3.05) is 37.6 Å². The van der Waals surface area contributed by atoms with Crippen LogP contribution in [0.3, 0.4) is 0 Å². The third kappa shape index (κ3) is 4.67. The fourth-order valence-electron chi connectivity index (χ4n) is 4.41. The molecule has 0 spiro atoms. The maximum atomic E-state index is 13.1. The number of benzene rings is 1. The second kappa shape index (κ2) is 9.90. The monoisotopic (exact) mass is 475 g/mol. The number of thiophene rings is 1. The fourth-order valence-corrected chi connectivity index (χ4v) is 5.49. The van der Waals surface area contributed by atoms with Gasteiger partial charge in [-0.2, -0.15) is 5.10 Å². The highest BCUT2D eigenvalue weighted by Gasteiger charge is 2.23. The smallest absolute Gasteiger partial charge is 0.261 e.